The van der Waals surface area contributed by atoms with Crippen LogP contribution in [0.3, 0.4) is 0 Å². The number of anilines is 1. The summed E-state index contributed by atoms with van der Waals surface area (Å²) in [6.07, 6.45) is 7.60. The van der Waals surface area contributed by atoms with Gasteiger partial charge in [0.2, 0.25) is 5.91 Å². The van der Waals surface area contributed by atoms with Crippen LogP contribution in [0.1, 0.15) is 25.7 Å². The lowest BCUT2D eigenvalue weighted by Gasteiger charge is -2.16. The molecule has 0 saturated heterocycles. The molecule has 6 heteroatoms. The fourth-order valence-electron chi connectivity index (χ4n) is 2.34. The van der Waals surface area contributed by atoms with Gasteiger partial charge in [-0.3, -0.25) is 9.79 Å². The number of benzene rings is 1. The molecule has 1 aliphatic rings. The van der Waals surface area contributed by atoms with E-state index in [2.05, 4.69) is 33.1 Å². The number of carbonyl (C=O) groups excluding carboxylic acids is 1. The molecule has 0 bridgehead atoms. The highest BCUT2D eigenvalue weighted by Gasteiger charge is 2.11. The molecule has 0 aliphatic heterocycles. The molecule has 124 valence electrons. The summed E-state index contributed by atoms with van der Waals surface area (Å²) >= 11 is 5.81. The molecule has 1 aromatic rings. The number of aliphatic imine (C=N–C) groups is 1. The van der Waals surface area contributed by atoms with Gasteiger partial charge in [-0.2, -0.15) is 0 Å². The third-order valence-electron chi connectivity index (χ3n) is 3.57. The summed E-state index contributed by atoms with van der Waals surface area (Å²) in [5.41, 5.74) is 0.763. The zero-order chi connectivity index (χ0) is 16.5. The van der Waals surface area contributed by atoms with Crippen molar-refractivity contribution in [3.8, 4) is 0 Å². The van der Waals surface area contributed by atoms with E-state index in [-0.39, 0.29) is 5.91 Å². The SMILES string of the molecule is CN=C(NCCCC(=O)Nc1ccc(Cl)cc1)NC1CC=CC1. The molecular weight excluding hydrogens is 312 g/mol. The molecule has 0 unspecified atom stereocenters. The van der Waals surface area contributed by atoms with E-state index in [0.29, 0.717) is 24.0 Å². The van der Waals surface area contributed by atoms with Gasteiger partial charge >= 0.3 is 0 Å². The van der Waals surface area contributed by atoms with Gasteiger partial charge < -0.3 is 16.0 Å². The van der Waals surface area contributed by atoms with E-state index in [0.717, 1.165) is 30.9 Å². The molecule has 1 amide bonds. The summed E-state index contributed by atoms with van der Waals surface area (Å²) in [6.45, 7) is 0.702. The monoisotopic (exact) mass is 334 g/mol. The lowest BCUT2D eigenvalue weighted by molar-refractivity contribution is -0.116. The highest BCUT2D eigenvalue weighted by Crippen LogP contribution is 2.13. The lowest BCUT2D eigenvalue weighted by Crippen LogP contribution is -2.42. The first kappa shape index (κ1) is 17.3. The molecule has 23 heavy (non-hydrogen) atoms. The van der Waals surface area contributed by atoms with Crippen LogP contribution in [0.15, 0.2) is 41.4 Å². The molecule has 0 spiro atoms. The summed E-state index contributed by atoms with van der Waals surface area (Å²) in [7, 11) is 1.75. The molecule has 1 aromatic carbocycles. The molecule has 2 rings (SSSR count). The Morgan fingerprint density at radius 2 is 1.96 bits per heavy atom. The normalized spacial score (nSPS) is 14.8. The van der Waals surface area contributed by atoms with Crippen LogP contribution in [0.5, 0.6) is 0 Å². The molecule has 1 aliphatic carbocycles. The second-order valence-electron chi connectivity index (χ2n) is 5.44. The van der Waals surface area contributed by atoms with Crippen LogP contribution in [0, 0.1) is 0 Å². The Bertz CT molecular complexity index is 560. The topological polar surface area (TPSA) is 65.5 Å². The fourth-order valence-corrected chi connectivity index (χ4v) is 2.46. The Morgan fingerprint density at radius 1 is 1.26 bits per heavy atom. The van der Waals surface area contributed by atoms with Gasteiger partial charge in [0.25, 0.3) is 0 Å². The molecule has 0 atom stereocenters. The number of guanidine groups is 1. The van der Waals surface area contributed by atoms with Crippen LogP contribution in [0.4, 0.5) is 5.69 Å². The maximum atomic E-state index is 11.9. The van der Waals surface area contributed by atoms with Gasteiger partial charge in [-0.15, -0.1) is 0 Å². The van der Waals surface area contributed by atoms with E-state index >= 15 is 0 Å². The van der Waals surface area contributed by atoms with Gasteiger partial charge in [-0.25, -0.2) is 0 Å². The molecule has 5 nitrogen and oxygen atoms in total. The van der Waals surface area contributed by atoms with Crippen molar-refractivity contribution in [2.24, 2.45) is 4.99 Å². The molecule has 0 saturated carbocycles. The van der Waals surface area contributed by atoms with Gasteiger partial charge in [-0.1, -0.05) is 23.8 Å². The Labute approximate surface area is 142 Å². The van der Waals surface area contributed by atoms with Crippen LogP contribution in [0.25, 0.3) is 0 Å². The van der Waals surface area contributed by atoms with Crippen LogP contribution in [-0.2, 0) is 4.79 Å². The van der Waals surface area contributed by atoms with Crippen LogP contribution < -0.4 is 16.0 Å². The van der Waals surface area contributed by atoms with Crippen molar-refractivity contribution in [1.29, 1.82) is 0 Å². The minimum absolute atomic E-state index is 0.00272. The fraction of sp³-hybridized carbons (Fsp3) is 0.412. The summed E-state index contributed by atoms with van der Waals surface area (Å²) in [5.74, 6) is 0.786. The number of nitrogens with zero attached hydrogens (tertiary/aromatic N) is 1. The standard InChI is InChI=1S/C17H23ClN4O/c1-19-17(22-14-5-2-3-6-14)20-12-4-7-16(23)21-15-10-8-13(18)9-11-15/h2-3,8-11,14H,4-7,12H2,1H3,(H,21,23)(H2,19,20,22). The number of rotatable bonds is 6. The number of amides is 1. The zero-order valence-electron chi connectivity index (χ0n) is 13.3. The number of nitrogens with one attached hydrogen (secondary N) is 3. The van der Waals surface area contributed by atoms with Crippen molar-refractivity contribution in [1.82, 2.24) is 10.6 Å². The van der Waals surface area contributed by atoms with Crippen molar-refractivity contribution >= 4 is 29.2 Å². The Balaban J connectivity index is 1.62. The first-order valence-electron chi connectivity index (χ1n) is 7.85. The quantitative estimate of drug-likeness (QED) is 0.324. The highest BCUT2D eigenvalue weighted by molar-refractivity contribution is 6.30. The second-order valence-corrected chi connectivity index (χ2v) is 5.88. The van der Waals surface area contributed by atoms with Crippen LogP contribution in [0.2, 0.25) is 5.02 Å². The minimum atomic E-state index is -0.00272. The molecule has 0 fully saturated rings. The van der Waals surface area contributed by atoms with E-state index in [1.807, 2.05) is 0 Å². The molecule has 3 N–H and O–H groups in total. The minimum Gasteiger partial charge on any atom is -0.356 e. The van der Waals surface area contributed by atoms with Crippen molar-refractivity contribution < 1.29 is 4.79 Å². The molecule has 0 radical (unpaired) electrons. The summed E-state index contributed by atoms with van der Waals surface area (Å²) in [5, 5.41) is 10.1. The van der Waals surface area contributed by atoms with Gasteiger partial charge in [0.1, 0.15) is 0 Å². The number of hydrogen-bond acceptors (Lipinski definition) is 2. The first-order chi connectivity index (χ1) is 11.2. The lowest BCUT2D eigenvalue weighted by atomic mass is 10.2. The van der Waals surface area contributed by atoms with Gasteiger partial charge in [0.15, 0.2) is 5.96 Å². The summed E-state index contributed by atoms with van der Waals surface area (Å²) in [4.78, 5) is 16.1. The number of halogens is 1. The Kier molecular flexibility index (Phi) is 6.94. The smallest absolute Gasteiger partial charge is 0.224 e. The third kappa shape index (κ3) is 6.32. The van der Waals surface area contributed by atoms with Crippen molar-refractivity contribution in [2.75, 3.05) is 18.9 Å². The average Bonchev–Trinajstić information content (AvgIpc) is 3.05. The highest BCUT2D eigenvalue weighted by atomic mass is 35.5. The first-order valence-corrected chi connectivity index (χ1v) is 8.23. The third-order valence-corrected chi connectivity index (χ3v) is 3.83. The van der Waals surface area contributed by atoms with Gasteiger partial charge in [0, 0.05) is 36.8 Å². The zero-order valence-corrected chi connectivity index (χ0v) is 14.1. The Morgan fingerprint density at radius 3 is 2.61 bits per heavy atom. The van der Waals surface area contributed by atoms with E-state index in [1.165, 1.54) is 0 Å². The van der Waals surface area contributed by atoms with Gasteiger partial charge in [0.05, 0.1) is 0 Å². The summed E-state index contributed by atoms with van der Waals surface area (Å²) in [6, 6.07) is 7.52. The molecular formula is C17H23ClN4O. The average molecular weight is 335 g/mol. The van der Waals surface area contributed by atoms with Crippen LogP contribution >= 0.6 is 11.6 Å². The maximum absolute atomic E-state index is 11.9. The van der Waals surface area contributed by atoms with Crippen molar-refractivity contribution in [3.05, 3.63) is 41.4 Å². The largest absolute Gasteiger partial charge is 0.356 e. The van der Waals surface area contributed by atoms with Gasteiger partial charge in [-0.05, 0) is 43.5 Å². The molecule has 0 aromatic heterocycles. The predicted octanol–water partition coefficient (Wildman–Crippen LogP) is 2.94. The predicted molar refractivity (Wildman–Crippen MR) is 96.0 cm³/mol. The number of hydrogen-bond donors (Lipinski definition) is 3. The number of carbonyl (C=O) groups is 1. The second kappa shape index (κ2) is 9.20. The van der Waals surface area contributed by atoms with E-state index < -0.39 is 0 Å². The summed E-state index contributed by atoms with van der Waals surface area (Å²) < 4.78 is 0. The van der Waals surface area contributed by atoms with E-state index in [9.17, 15) is 4.79 Å². The van der Waals surface area contributed by atoms with E-state index in [1.54, 1.807) is 31.3 Å². The Hall–Kier alpha value is -2.01. The van der Waals surface area contributed by atoms with Crippen molar-refractivity contribution in [2.45, 2.75) is 31.7 Å². The maximum Gasteiger partial charge on any atom is 0.224 e. The molecule has 0 heterocycles. The van der Waals surface area contributed by atoms with E-state index in [4.69, 9.17) is 11.6 Å². The van der Waals surface area contributed by atoms with Crippen LogP contribution in [-0.4, -0.2) is 31.5 Å². The van der Waals surface area contributed by atoms with Crippen molar-refractivity contribution in [3.63, 3.8) is 0 Å².